The summed E-state index contributed by atoms with van der Waals surface area (Å²) in [6, 6.07) is -1.41. The summed E-state index contributed by atoms with van der Waals surface area (Å²) in [5.74, 6) is 0. The standard InChI is InChI=1S/C6H12F2N2/c1-4(9)2-3-5(10)6(7)8/h2-6H,9-10H2,1H3. The monoisotopic (exact) mass is 150 g/mol. The Hall–Kier alpha value is -0.480. The van der Waals surface area contributed by atoms with Crippen LogP contribution in [0.3, 0.4) is 0 Å². The number of alkyl halides is 2. The fourth-order valence-electron chi connectivity index (χ4n) is 0.388. The summed E-state index contributed by atoms with van der Waals surface area (Å²) in [5.41, 5.74) is 10.2. The summed E-state index contributed by atoms with van der Waals surface area (Å²) in [6.45, 7) is 1.69. The lowest BCUT2D eigenvalue weighted by Crippen LogP contribution is -2.26. The molecule has 0 bridgehead atoms. The van der Waals surface area contributed by atoms with Crippen LogP contribution in [-0.2, 0) is 0 Å². The van der Waals surface area contributed by atoms with Gasteiger partial charge in [0.25, 0.3) is 6.43 Å². The SMILES string of the molecule is CC(N)C=CC(N)C(F)F. The van der Waals surface area contributed by atoms with Crippen molar-refractivity contribution < 1.29 is 8.78 Å². The Balaban J connectivity index is 3.66. The minimum Gasteiger partial charge on any atom is -0.325 e. The first kappa shape index (κ1) is 9.52. The van der Waals surface area contributed by atoms with E-state index in [4.69, 9.17) is 11.5 Å². The second kappa shape index (κ2) is 4.35. The highest BCUT2D eigenvalue weighted by Gasteiger charge is 2.10. The first-order valence-electron chi connectivity index (χ1n) is 3.01. The Bertz CT molecular complexity index is 112. The lowest BCUT2D eigenvalue weighted by atomic mass is 10.2. The van der Waals surface area contributed by atoms with E-state index in [1.165, 1.54) is 12.2 Å². The lowest BCUT2D eigenvalue weighted by Gasteiger charge is -2.03. The third-order valence-electron chi connectivity index (χ3n) is 0.928. The fourth-order valence-corrected chi connectivity index (χ4v) is 0.388. The fraction of sp³-hybridized carbons (Fsp3) is 0.667. The van der Waals surface area contributed by atoms with E-state index in [1.807, 2.05) is 0 Å². The van der Waals surface area contributed by atoms with E-state index in [9.17, 15) is 8.78 Å². The highest BCUT2D eigenvalue weighted by atomic mass is 19.3. The molecule has 60 valence electrons. The van der Waals surface area contributed by atoms with Crippen LogP contribution in [0.2, 0.25) is 0 Å². The van der Waals surface area contributed by atoms with E-state index >= 15 is 0 Å². The lowest BCUT2D eigenvalue weighted by molar-refractivity contribution is 0.133. The normalized spacial score (nSPS) is 18.2. The molecule has 2 atom stereocenters. The van der Waals surface area contributed by atoms with Crippen molar-refractivity contribution in [1.29, 1.82) is 0 Å². The van der Waals surface area contributed by atoms with Crippen molar-refractivity contribution in [2.45, 2.75) is 25.4 Å². The predicted octanol–water partition coefficient (Wildman–Crippen LogP) is 0.482. The summed E-state index contributed by atoms with van der Waals surface area (Å²) < 4.78 is 23.3. The molecule has 2 nitrogen and oxygen atoms in total. The van der Waals surface area contributed by atoms with E-state index < -0.39 is 12.5 Å². The van der Waals surface area contributed by atoms with Crippen LogP contribution in [0, 0.1) is 0 Å². The molecular formula is C6H12F2N2. The molecule has 2 unspecified atom stereocenters. The van der Waals surface area contributed by atoms with Gasteiger partial charge in [-0.3, -0.25) is 0 Å². The summed E-state index contributed by atoms with van der Waals surface area (Å²) >= 11 is 0. The first-order chi connectivity index (χ1) is 4.54. The van der Waals surface area contributed by atoms with Gasteiger partial charge in [0.2, 0.25) is 0 Å². The van der Waals surface area contributed by atoms with Crippen molar-refractivity contribution in [2.75, 3.05) is 0 Å². The molecule has 4 N–H and O–H groups in total. The molecule has 0 aliphatic heterocycles. The molecular weight excluding hydrogens is 138 g/mol. The maximum atomic E-state index is 11.7. The number of nitrogens with two attached hydrogens (primary N) is 2. The highest BCUT2D eigenvalue weighted by Crippen LogP contribution is 1.98. The molecule has 0 aromatic heterocycles. The molecule has 4 heteroatoms. The average Bonchev–Trinajstić information content (AvgIpc) is 1.82. The highest BCUT2D eigenvalue weighted by molar-refractivity contribution is 4.96. The second-order valence-electron chi connectivity index (χ2n) is 2.16. The summed E-state index contributed by atoms with van der Waals surface area (Å²) in [4.78, 5) is 0. The van der Waals surface area contributed by atoms with E-state index in [0.717, 1.165) is 0 Å². The summed E-state index contributed by atoms with van der Waals surface area (Å²) in [5, 5.41) is 0. The van der Waals surface area contributed by atoms with Crippen LogP contribution >= 0.6 is 0 Å². The van der Waals surface area contributed by atoms with E-state index in [1.54, 1.807) is 6.92 Å². The molecule has 0 radical (unpaired) electrons. The molecule has 0 amide bonds. The second-order valence-corrected chi connectivity index (χ2v) is 2.16. The van der Waals surface area contributed by atoms with Crippen molar-refractivity contribution in [3.05, 3.63) is 12.2 Å². The zero-order valence-corrected chi connectivity index (χ0v) is 5.80. The largest absolute Gasteiger partial charge is 0.325 e. The minimum absolute atomic E-state index is 0.218. The van der Waals surface area contributed by atoms with Crippen molar-refractivity contribution in [1.82, 2.24) is 0 Å². The maximum Gasteiger partial charge on any atom is 0.256 e. The van der Waals surface area contributed by atoms with Gasteiger partial charge in [0, 0.05) is 6.04 Å². The molecule has 0 fully saturated rings. The number of hydrogen-bond acceptors (Lipinski definition) is 2. The average molecular weight is 150 g/mol. The summed E-state index contributed by atoms with van der Waals surface area (Å²) in [7, 11) is 0. The van der Waals surface area contributed by atoms with Crippen LogP contribution in [0.25, 0.3) is 0 Å². The van der Waals surface area contributed by atoms with Gasteiger partial charge in [-0.2, -0.15) is 0 Å². The minimum atomic E-state index is -2.50. The molecule has 0 aliphatic carbocycles. The van der Waals surface area contributed by atoms with Crippen molar-refractivity contribution >= 4 is 0 Å². The molecule has 0 rings (SSSR count). The third kappa shape index (κ3) is 4.40. The van der Waals surface area contributed by atoms with Crippen LogP contribution in [0.5, 0.6) is 0 Å². The smallest absolute Gasteiger partial charge is 0.256 e. The van der Waals surface area contributed by atoms with Crippen LogP contribution in [-0.4, -0.2) is 18.5 Å². The summed E-state index contributed by atoms with van der Waals surface area (Å²) in [6.07, 6.45) is 0.168. The Kier molecular flexibility index (Phi) is 4.14. The van der Waals surface area contributed by atoms with Gasteiger partial charge < -0.3 is 11.5 Å². The topological polar surface area (TPSA) is 52.0 Å². The molecule has 0 aliphatic rings. The maximum absolute atomic E-state index is 11.7. The van der Waals surface area contributed by atoms with Gasteiger partial charge in [0.15, 0.2) is 0 Å². The van der Waals surface area contributed by atoms with Gasteiger partial charge in [-0.15, -0.1) is 0 Å². The van der Waals surface area contributed by atoms with Gasteiger partial charge in [-0.05, 0) is 6.92 Å². The molecule has 0 saturated heterocycles. The molecule has 10 heavy (non-hydrogen) atoms. The van der Waals surface area contributed by atoms with Crippen LogP contribution in [0.1, 0.15) is 6.92 Å². The Morgan fingerprint density at radius 3 is 2.00 bits per heavy atom. The Morgan fingerprint density at radius 1 is 1.20 bits per heavy atom. The van der Waals surface area contributed by atoms with Gasteiger partial charge in [0.05, 0.1) is 6.04 Å². The molecule has 0 aromatic carbocycles. The predicted molar refractivity (Wildman–Crippen MR) is 36.8 cm³/mol. The van der Waals surface area contributed by atoms with Crippen molar-refractivity contribution in [3.8, 4) is 0 Å². The van der Waals surface area contributed by atoms with Gasteiger partial charge in [-0.1, -0.05) is 12.2 Å². The van der Waals surface area contributed by atoms with Crippen molar-refractivity contribution in [2.24, 2.45) is 11.5 Å². The van der Waals surface area contributed by atoms with Crippen molar-refractivity contribution in [3.63, 3.8) is 0 Å². The molecule has 0 saturated carbocycles. The third-order valence-corrected chi connectivity index (χ3v) is 0.928. The first-order valence-corrected chi connectivity index (χ1v) is 3.01. The van der Waals surface area contributed by atoms with E-state index in [2.05, 4.69) is 0 Å². The molecule has 0 spiro atoms. The number of hydrogen-bond donors (Lipinski definition) is 2. The molecule has 0 aromatic rings. The zero-order valence-electron chi connectivity index (χ0n) is 5.80. The van der Waals surface area contributed by atoms with Crippen LogP contribution < -0.4 is 11.5 Å². The zero-order chi connectivity index (χ0) is 8.15. The quantitative estimate of drug-likeness (QED) is 0.575. The van der Waals surface area contributed by atoms with Gasteiger partial charge in [0.1, 0.15) is 0 Å². The molecule has 0 heterocycles. The number of rotatable bonds is 3. The Morgan fingerprint density at radius 2 is 1.70 bits per heavy atom. The van der Waals surface area contributed by atoms with Gasteiger partial charge in [-0.25, -0.2) is 8.78 Å². The number of halogens is 2. The van der Waals surface area contributed by atoms with Crippen LogP contribution in [0.15, 0.2) is 12.2 Å². The van der Waals surface area contributed by atoms with Gasteiger partial charge >= 0.3 is 0 Å². The van der Waals surface area contributed by atoms with Crippen LogP contribution in [0.4, 0.5) is 8.78 Å². The van der Waals surface area contributed by atoms with E-state index in [-0.39, 0.29) is 6.04 Å². The Labute approximate surface area is 58.9 Å². The van der Waals surface area contributed by atoms with E-state index in [0.29, 0.717) is 0 Å².